The van der Waals surface area contributed by atoms with E-state index in [1.807, 2.05) is 36.4 Å². The molecule has 3 aromatic carbocycles. The molecule has 0 aliphatic heterocycles. The predicted molar refractivity (Wildman–Crippen MR) is 129 cm³/mol. The molecule has 0 fully saturated rings. The molecule has 0 saturated heterocycles. The molecule has 4 aromatic rings. The van der Waals surface area contributed by atoms with Crippen LogP contribution in [0.2, 0.25) is 5.02 Å². The average Bonchev–Trinajstić information content (AvgIpc) is 2.81. The molecule has 0 aliphatic rings. The number of halogens is 1. The van der Waals surface area contributed by atoms with Crippen LogP contribution in [-0.4, -0.2) is 23.0 Å². The number of hydrogen-bond donors (Lipinski definition) is 3. The van der Waals surface area contributed by atoms with Gasteiger partial charge >= 0.3 is 0 Å². The number of nitrogens with two attached hydrogens (primary N) is 2. The Kier molecular flexibility index (Phi) is 5.73. The third-order valence-electron chi connectivity index (χ3n) is 5.37. The van der Waals surface area contributed by atoms with Crippen LogP contribution in [0.25, 0.3) is 27.1 Å². The molecule has 158 valence electrons. The van der Waals surface area contributed by atoms with Gasteiger partial charge in [-0.3, -0.25) is 9.79 Å². The van der Waals surface area contributed by atoms with Gasteiger partial charge in [0.15, 0.2) is 0 Å². The van der Waals surface area contributed by atoms with Crippen LogP contribution in [0.5, 0.6) is 0 Å². The summed E-state index contributed by atoms with van der Waals surface area (Å²) in [5, 5.41) is 19.2. The van der Waals surface area contributed by atoms with E-state index in [1.165, 1.54) is 6.20 Å². The number of allylic oxidation sites excluding steroid dienone is 1. The number of aromatic amines is 1. The first-order valence-electron chi connectivity index (χ1n) is 9.76. The summed E-state index contributed by atoms with van der Waals surface area (Å²) in [6.45, 7) is 0.118. The summed E-state index contributed by atoms with van der Waals surface area (Å²) in [6, 6.07) is 17.2. The molecule has 0 amide bonds. The molecule has 0 bridgehead atoms. The van der Waals surface area contributed by atoms with E-state index in [2.05, 4.69) is 21.3 Å². The summed E-state index contributed by atoms with van der Waals surface area (Å²) in [5.74, 6) is 0. The first-order chi connectivity index (χ1) is 15.5. The van der Waals surface area contributed by atoms with Crippen molar-refractivity contribution in [3.63, 3.8) is 0 Å². The quantitative estimate of drug-likeness (QED) is 0.416. The Balaban J connectivity index is 1.97. The molecule has 32 heavy (non-hydrogen) atoms. The molecule has 5 N–H and O–H groups in total. The minimum absolute atomic E-state index is 0.118. The second-order valence-electron chi connectivity index (χ2n) is 7.06. The van der Waals surface area contributed by atoms with Crippen LogP contribution < -0.4 is 17.0 Å². The SMILES string of the molecule is CN=C(/C(=C\N)c1cc(Cl)c2c(=O)[nH]nc(CN)c2c1)c1ccc2ccccc2c1C#N. The lowest BCUT2D eigenvalue weighted by molar-refractivity contribution is 0.900. The highest BCUT2D eigenvalue weighted by Crippen LogP contribution is 2.31. The minimum Gasteiger partial charge on any atom is -0.404 e. The highest BCUT2D eigenvalue weighted by molar-refractivity contribution is 6.37. The number of benzene rings is 3. The van der Waals surface area contributed by atoms with Gasteiger partial charge in [0.2, 0.25) is 0 Å². The van der Waals surface area contributed by atoms with Crippen LogP contribution >= 0.6 is 11.6 Å². The Morgan fingerprint density at radius 1 is 1.25 bits per heavy atom. The van der Waals surface area contributed by atoms with Crippen molar-refractivity contribution in [1.82, 2.24) is 10.2 Å². The van der Waals surface area contributed by atoms with Gasteiger partial charge < -0.3 is 11.5 Å². The van der Waals surface area contributed by atoms with E-state index < -0.39 is 5.56 Å². The van der Waals surface area contributed by atoms with Crippen LogP contribution in [0, 0.1) is 11.3 Å². The van der Waals surface area contributed by atoms with Gasteiger partial charge in [-0.25, -0.2) is 5.10 Å². The van der Waals surface area contributed by atoms with Crippen molar-refractivity contribution in [2.45, 2.75) is 6.54 Å². The number of hydrogen-bond acceptors (Lipinski definition) is 6. The molecule has 4 rings (SSSR count). The molecule has 1 aromatic heterocycles. The fraction of sp³-hybridized carbons (Fsp3) is 0.0833. The predicted octanol–water partition coefficient (Wildman–Crippen LogP) is 3.48. The number of H-pyrrole nitrogens is 1. The topological polar surface area (TPSA) is 134 Å². The molecule has 1 heterocycles. The molecule has 0 aliphatic carbocycles. The summed E-state index contributed by atoms with van der Waals surface area (Å²) in [5.41, 5.74) is 14.8. The molecular weight excluding hydrogens is 424 g/mol. The van der Waals surface area contributed by atoms with Crippen molar-refractivity contribution in [3.8, 4) is 6.07 Å². The lowest BCUT2D eigenvalue weighted by atomic mass is 9.90. The van der Waals surface area contributed by atoms with E-state index >= 15 is 0 Å². The summed E-state index contributed by atoms with van der Waals surface area (Å²) in [6.07, 6.45) is 1.42. The Labute approximate surface area is 188 Å². The fourth-order valence-electron chi connectivity index (χ4n) is 3.90. The molecule has 0 radical (unpaired) electrons. The number of nitrogens with one attached hydrogen (secondary N) is 1. The van der Waals surface area contributed by atoms with Crippen molar-refractivity contribution in [2.75, 3.05) is 7.05 Å². The molecular formula is C24H19ClN6O. The fourth-order valence-corrected chi connectivity index (χ4v) is 4.20. The van der Waals surface area contributed by atoms with Gasteiger partial charge in [-0.2, -0.15) is 10.4 Å². The number of rotatable bonds is 4. The van der Waals surface area contributed by atoms with Gasteiger partial charge in [0.1, 0.15) is 6.07 Å². The molecule has 7 nitrogen and oxygen atoms in total. The monoisotopic (exact) mass is 442 g/mol. The minimum atomic E-state index is -0.405. The number of nitriles is 1. The molecule has 0 unspecified atom stereocenters. The Hall–Kier alpha value is -3.99. The van der Waals surface area contributed by atoms with Crippen LogP contribution in [0.4, 0.5) is 0 Å². The maximum atomic E-state index is 12.3. The zero-order chi connectivity index (χ0) is 22.8. The standard InChI is InChI=1S/C24H19ClN6O/c1-29-23(16-7-6-13-4-2-3-5-15(13)19(16)11-27)18(10-26)14-8-17-21(12-28)30-31-24(32)22(17)20(25)9-14/h2-10H,12,26,28H2,1H3,(H,31,32)/b18-10-,29-23?. The summed E-state index contributed by atoms with van der Waals surface area (Å²) in [7, 11) is 1.63. The van der Waals surface area contributed by atoms with Crippen molar-refractivity contribution in [3.05, 3.63) is 92.5 Å². The van der Waals surface area contributed by atoms with Crippen LogP contribution in [0.15, 0.2) is 64.5 Å². The van der Waals surface area contributed by atoms with Crippen molar-refractivity contribution in [2.24, 2.45) is 16.5 Å². The van der Waals surface area contributed by atoms with E-state index in [-0.39, 0.29) is 11.6 Å². The van der Waals surface area contributed by atoms with Crippen molar-refractivity contribution < 1.29 is 0 Å². The van der Waals surface area contributed by atoms with Crippen LogP contribution in [0.1, 0.15) is 22.4 Å². The maximum Gasteiger partial charge on any atom is 0.273 e. The van der Waals surface area contributed by atoms with Crippen molar-refractivity contribution in [1.29, 1.82) is 5.26 Å². The van der Waals surface area contributed by atoms with Crippen LogP contribution in [0.3, 0.4) is 0 Å². The van der Waals surface area contributed by atoms with E-state index in [0.717, 1.165) is 10.8 Å². The van der Waals surface area contributed by atoms with Gasteiger partial charge in [0, 0.05) is 41.7 Å². The first kappa shape index (κ1) is 21.2. The van der Waals surface area contributed by atoms with E-state index in [1.54, 1.807) is 19.2 Å². The highest BCUT2D eigenvalue weighted by Gasteiger charge is 2.20. The van der Waals surface area contributed by atoms with E-state index in [0.29, 0.717) is 44.4 Å². The molecule has 8 heteroatoms. The lowest BCUT2D eigenvalue weighted by Gasteiger charge is -2.15. The lowest BCUT2D eigenvalue weighted by Crippen LogP contribution is -2.15. The maximum absolute atomic E-state index is 12.3. The summed E-state index contributed by atoms with van der Waals surface area (Å²) < 4.78 is 0. The highest BCUT2D eigenvalue weighted by atomic mass is 35.5. The first-order valence-corrected chi connectivity index (χ1v) is 10.1. The molecule has 0 saturated carbocycles. The van der Waals surface area contributed by atoms with Crippen LogP contribution in [-0.2, 0) is 6.54 Å². The van der Waals surface area contributed by atoms with Gasteiger partial charge in [0.05, 0.1) is 27.4 Å². The van der Waals surface area contributed by atoms with E-state index in [4.69, 9.17) is 23.1 Å². The van der Waals surface area contributed by atoms with Gasteiger partial charge in [-0.15, -0.1) is 0 Å². The van der Waals surface area contributed by atoms with Gasteiger partial charge in [0.25, 0.3) is 5.56 Å². The summed E-state index contributed by atoms with van der Waals surface area (Å²) in [4.78, 5) is 16.8. The second-order valence-corrected chi connectivity index (χ2v) is 7.46. The smallest absolute Gasteiger partial charge is 0.273 e. The third kappa shape index (κ3) is 3.42. The number of fused-ring (bicyclic) bond motifs is 2. The molecule has 0 spiro atoms. The molecule has 0 atom stereocenters. The number of nitrogens with zero attached hydrogens (tertiary/aromatic N) is 3. The number of aromatic nitrogens is 2. The average molecular weight is 443 g/mol. The Morgan fingerprint density at radius 2 is 2.03 bits per heavy atom. The zero-order valence-corrected chi connectivity index (χ0v) is 17.9. The zero-order valence-electron chi connectivity index (χ0n) is 17.2. The number of aliphatic imine (C=N–C) groups is 1. The van der Waals surface area contributed by atoms with Gasteiger partial charge in [-0.1, -0.05) is 48.0 Å². The van der Waals surface area contributed by atoms with Crippen molar-refractivity contribution >= 4 is 44.4 Å². The Morgan fingerprint density at radius 3 is 2.72 bits per heavy atom. The Bertz CT molecular complexity index is 1530. The van der Waals surface area contributed by atoms with E-state index in [9.17, 15) is 10.1 Å². The summed E-state index contributed by atoms with van der Waals surface area (Å²) >= 11 is 6.48. The second kappa shape index (κ2) is 8.63. The largest absolute Gasteiger partial charge is 0.404 e. The normalized spacial score (nSPS) is 12.3. The van der Waals surface area contributed by atoms with Gasteiger partial charge in [-0.05, 0) is 23.1 Å². The third-order valence-corrected chi connectivity index (χ3v) is 5.66.